The Morgan fingerprint density at radius 1 is 1.43 bits per heavy atom. The van der Waals surface area contributed by atoms with E-state index in [4.69, 9.17) is 16.3 Å². The number of rotatable bonds is 6. The molecule has 0 saturated heterocycles. The molecule has 0 aliphatic carbocycles. The number of urea groups is 1. The number of thiazole rings is 1. The maximum absolute atomic E-state index is 11.6. The monoisotopic (exact) mass is 326 g/mol. The summed E-state index contributed by atoms with van der Waals surface area (Å²) in [7, 11) is 0. The van der Waals surface area contributed by atoms with Crippen molar-refractivity contribution in [1.29, 1.82) is 0 Å². The van der Waals surface area contributed by atoms with Crippen molar-refractivity contribution in [3.8, 4) is 5.88 Å². The number of pyridine rings is 1. The number of nitrogens with zero attached hydrogens (tertiary/aromatic N) is 2. The smallest absolute Gasteiger partial charge is 0.315 e. The first kappa shape index (κ1) is 15.5. The standard InChI is InChI=1S/C13H15ClN4O2S/c1-9-7-17-11(21-9)8-18-13(19)16-5-6-20-12-10(14)3-2-4-15-12/h2-4,7H,5-6,8H2,1H3,(H2,16,18,19). The second-order valence-electron chi connectivity index (χ2n) is 4.11. The Morgan fingerprint density at radius 3 is 3.00 bits per heavy atom. The minimum atomic E-state index is -0.265. The van der Waals surface area contributed by atoms with Crippen molar-refractivity contribution in [2.24, 2.45) is 0 Å². The van der Waals surface area contributed by atoms with Crippen LogP contribution in [0.2, 0.25) is 5.02 Å². The Hall–Kier alpha value is -1.86. The average molecular weight is 327 g/mol. The fraction of sp³-hybridized carbons (Fsp3) is 0.308. The summed E-state index contributed by atoms with van der Waals surface area (Å²) in [4.78, 5) is 20.8. The molecule has 2 aromatic heterocycles. The first-order valence-electron chi connectivity index (χ1n) is 6.31. The molecule has 0 aliphatic rings. The Kier molecular flexibility index (Phi) is 5.77. The first-order valence-corrected chi connectivity index (χ1v) is 7.51. The Balaban J connectivity index is 1.62. The normalized spacial score (nSPS) is 10.2. The zero-order chi connectivity index (χ0) is 15.1. The van der Waals surface area contributed by atoms with Gasteiger partial charge in [0, 0.05) is 17.3 Å². The molecule has 0 spiro atoms. The molecule has 6 nitrogen and oxygen atoms in total. The van der Waals surface area contributed by atoms with Crippen LogP contribution >= 0.6 is 22.9 Å². The van der Waals surface area contributed by atoms with Gasteiger partial charge in [-0.25, -0.2) is 14.8 Å². The molecule has 2 heterocycles. The zero-order valence-corrected chi connectivity index (χ0v) is 13.0. The van der Waals surface area contributed by atoms with Gasteiger partial charge in [0.25, 0.3) is 0 Å². The quantitative estimate of drug-likeness (QED) is 0.799. The van der Waals surface area contributed by atoms with Crippen molar-refractivity contribution in [3.63, 3.8) is 0 Å². The highest BCUT2D eigenvalue weighted by atomic mass is 35.5. The largest absolute Gasteiger partial charge is 0.475 e. The maximum atomic E-state index is 11.6. The molecule has 112 valence electrons. The van der Waals surface area contributed by atoms with E-state index < -0.39 is 0 Å². The summed E-state index contributed by atoms with van der Waals surface area (Å²) in [5, 5.41) is 6.72. The fourth-order valence-electron chi connectivity index (χ4n) is 1.49. The minimum Gasteiger partial charge on any atom is -0.475 e. The summed E-state index contributed by atoms with van der Waals surface area (Å²) in [5.41, 5.74) is 0. The molecule has 0 fully saturated rings. The second-order valence-corrected chi connectivity index (χ2v) is 5.84. The molecule has 2 aromatic rings. The van der Waals surface area contributed by atoms with Crippen molar-refractivity contribution in [2.75, 3.05) is 13.2 Å². The van der Waals surface area contributed by atoms with Crippen LogP contribution in [0.25, 0.3) is 0 Å². The summed E-state index contributed by atoms with van der Waals surface area (Å²) < 4.78 is 5.36. The number of aromatic nitrogens is 2. The van der Waals surface area contributed by atoms with Gasteiger partial charge in [0.1, 0.15) is 16.6 Å². The van der Waals surface area contributed by atoms with Crippen LogP contribution in [0.3, 0.4) is 0 Å². The third-order valence-corrected chi connectivity index (χ3v) is 3.62. The second kappa shape index (κ2) is 7.80. The SMILES string of the molecule is Cc1cnc(CNC(=O)NCCOc2ncccc2Cl)s1. The van der Waals surface area contributed by atoms with E-state index in [1.165, 1.54) is 0 Å². The lowest BCUT2D eigenvalue weighted by Crippen LogP contribution is -2.37. The van der Waals surface area contributed by atoms with E-state index in [0.717, 1.165) is 9.88 Å². The van der Waals surface area contributed by atoms with Gasteiger partial charge < -0.3 is 15.4 Å². The molecule has 0 atom stereocenters. The van der Waals surface area contributed by atoms with Gasteiger partial charge in [0.2, 0.25) is 5.88 Å². The van der Waals surface area contributed by atoms with E-state index >= 15 is 0 Å². The molecule has 21 heavy (non-hydrogen) atoms. The van der Waals surface area contributed by atoms with Crippen molar-refractivity contribution >= 4 is 29.0 Å². The van der Waals surface area contributed by atoms with E-state index in [9.17, 15) is 4.79 Å². The van der Waals surface area contributed by atoms with Gasteiger partial charge in [0.15, 0.2) is 0 Å². The molecule has 8 heteroatoms. The van der Waals surface area contributed by atoms with Crippen LogP contribution in [-0.4, -0.2) is 29.2 Å². The van der Waals surface area contributed by atoms with Crippen LogP contribution in [0.1, 0.15) is 9.88 Å². The van der Waals surface area contributed by atoms with E-state index in [-0.39, 0.29) is 6.03 Å². The van der Waals surface area contributed by atoms with Gasteiger partial charge in [-0.2, -0.15) is 0 Å². The van der Waals surface area contributed by atoms with E-state index in [0.29, 0.717) is 30.6 Å². The molecule has 0 aliphatic heterocycles. The lowest BCUT2D eigenvalue weighted by molar-refractivity contribution is 0.235. The molecular weight excluding hydrogens is 312 g/mol. The van der Waals surface area contributed by atoms with Crippen LogP contribution in [0, 0.1) is 6.92 Å². The highest BCUT2D eigenvalue weighted by Crippen LogP contribution is 2.19. The van der Waals surface area contributed by atoms with Gasteiger partial charge in [-0.15, -0.1) is 11.3 Å². The van der Waals surface area contributed by atoms with Gasteiger partial charge >= 0.3 is 6.03 Å². The highest BCUT2D eigenvalue weighted by Gasteiger charge is 2.04. The number of halogens is 1. The number of hydrogen-bond acceptors (Lipinski definition) is 5. The molecule has 2 amide bonds. The summed E-state index contributed by atoms with van der Waals surface area (Å²) >= 11 is 7.45. The van der Waals surface area contributed by atoms with Crippen LogP contribution in [-0.2, 0) is 6.54 Å². The van der Waals surface area contributed by atoms with Crippen molar-refractivity contribution in [2.45, 2.75) is 13.5 Å². The average Bonchev–Trinajstić information content (AvgIpc) is 2.89. The predicted molar refractivity (Wildman–Crippen MR) is 81.8 cm³/mol. The Morgan fingerprint density at radius 2 is 2.29 bits per heavy atom. The van der Waals surface area contributed by atoms with Crippen molar-refractivity contribution in [3.05, 3.63) is 39.4 Å². The number of hydrogen-bond donors (Lipinski definition) is 2. The van der Waals surface area contributed by atoms with Gasteiger partial charge in [0.05, 0.1) is 13.1 Å². The van der Waals surface area contributed by atoms with Crippen molar-refractivity contribution < 1.29 is 9.53 Å². The third kappa shape index (κ3) is 5.20. The summed E-state index contributed by atoms with van der Waals surface area (Å²) in [5.74, 6) is 0.361. The summed E-state index contributed by atoms with van der Waals surface area (Å²) in [6.07, 6.45) is 3.38. The number of carbonyl (C=O) groups excluding carboxylic acids is 1. The molecule has 0 unspecified atom stereocenters. The molecule has 0 saturated carbocycles. The fourth-order valence-corrected chi connectivity index (χ4v) is 2.39. The van der Waals surface area contributed by atoms with Gasteiger partial charge in [-0.3, -0.25) is 0 Å². The number of amides is 2. The van der Waals surface area contributed by atoms with Crippen LogP contribution in [0.15, 0.2) is 24.5 Å². The number of nitrogens with one attached hydrogen (secondary N) is 2. The molecular formula is C13H15ClN4O2S. The van der Waals surface area contributed by atoms with Crippen LogP contribution < -0.4 is 15.4 Å². The van der Waals surface area contributed by atoms with Crippen LogP contribution in [0.5, 0.6) is 5.88 Å². The number of aryl methyl sites for hydroxylation is 1. The van der Waals surface area contributed by atoms with Gasteiger partial charge in [-0.05, 0) is 19.1 Å². The Bertz CT molecular complexity index is 605. The Labute approximate surface area is 131 Å². The first-order chi connectivity index (χ1) is 10.1. The number of ether oxygens (including phenoxy) is 1. The van der Waals surface area contributed by atoms with Crippen molar-refractivity contribution in [1.82, 2.24) is 20.6 Å². The van der Waals surface area contributed by atoms with E-state index in [1.807, 2.05) is 6.92 Å². The summed E-state index contributed by atoms with van der Waals surface area (Å²) in [6.45, 7) is 3.04. The molecule has 0 radical (unpaired) electrons. The van der Waals surface area contributed by atoms with E-state index in [2.05, 4.69) is 20.6 Å². The topological polar surface area (TPSA) is 76.1 Å². The minimum absolute atomic E-state index is 0.265. The lowest BCUT2D eigenvalue weighted by Gasteiger charge is -2.08. The summed E-state index contributed by atoms with van der Waals surface area (Å²) in [6, 6.07) is 3.15. The van der Waals surface area contributed by atoms with Gasteiger partial charge in [-0.1, -0.05) is 11.6 Å². The highest BCUT2D eigenvalue weighted by molar-refractivity contribution is 7.11. The number of carbonyl (C=O) groups is 1. The zero-order valence-electron chi connectivity index (χ0n) is 11.4. The molecule has 0 bridgehead atoms. The third-order valence-electron chi connectivity index (χ3n) is 2.42. The predicted octanol–water partition coefficient (Wildman–Crippen LogP) is 2.38. The van der Waals surface area contributed by atoms with Crippen LogP contribution in [0.4, 0.5) is 4.79 Å². The van der Waals surface area contributed by atoms with E-state index in [1.54, 1.807) is 35.9 Å². The molecule has 2 N–H and O–H groups in total. The lowest BCUT2D eigenvalue weighted by atomic mass is 10.5. The maximum Gasteiger partial charge on any atom is 0.315 e. The molecule has 0 aromatic carbocycles. The molecule has 2 rings (SSSR count).